The normalized spacial score (nSPS) is 17.8. The van der Waals surface area contributed by atoms with Gasteiger partial charge in [-0.1, -0.05) is 11.6 Å². The van der Waals surface area contributed by atoms with Crippen molar-refractivity contribution in [2.45, 2.75) is 36.6 Å². The third-order valence-electron chi connectivity index (χ3n) is 3.30. The van der Waals surface area contributed by atoms with E-state index in [0.29, 0.717) is 0 Å². The smallest absolute Gasteiger partial charge is 0.337 e. The first-order valence-electron chi connectivity index (χ1n) is 5.80. The van der Waals surface area contributed by atoms with Gasteiger partial charge in [0.15, 0.2) is 0 Å². The molecule has 5 nitrogen and oxygen atoms in total. The SMILES string of the molecule is CC1(NS(=O)(=O)c2cc(Cl)ccc2C(=O)O)CCC1. The molecule has 0 aliphatic heterocycles. The maximum Gasteiger partial charge on any atom is 0.337 e. The topological polar surface area (TPSA) is 83.5 Å². The first-order chi connectivity index (χ1) is 8.73. The van der Waals surface area contributed by atoms with Crippen LogP contribution in [0.15, 0.2) is 23.1 Å². The zero-order chi connectivity index (χ0) is 14.3. The molecule has 0 bridgehead atoms. The number of sulfonamides is 1. The fourth-order valence-electron chi connectivity index (χ4n) is 2.08. The van der Waals surface area contributed by atoms with Crippen LogP contribution in [-0.4, -0.2) is 25.0 Å². The van der Waals surface area contributed by atoms with Gasteiger partial charge in [0.1, 0.15) is 0 Å². The molecule has 0 amide bonds. The number of halogens is 1. The highest BCUT2D eigenvalue weighted by atomic mass is 35.5. The number of hydrogen-bond acceptors (Lipinski definition) is 3. The molecule has 1 fully saturated rings. The minimum absolute atomic E-state index is 0.184. The molecule has 19 heavy (non-hydrogen) atoms. The largest absolute Gasteiger partial charge is 0.478 e. The molecule has 7 heteroatoms. The van der Waals surface area contributed by atoms with E-state index in [0.717, 1.165) is 25.3 Å². The van der Waals surface area contributed by atoms with Gasteiger partial charge in [0.2, 0.25) is 10.0 Å². The van der Waals surface area contributed by atoms with E-state index in [4.69, 9.17) is 16.7 Å². The summed E-state index contributed by atoms with van der Waals surface area (Å²) in [5.41, 5.74) is -0.767. The summed E-state index contributed by atoms with van der Waals surface area (Å²) in [5.74, 6) is -1.30. The molecule has 1 aliphatic carbocycles. The Kier molecular flexibility index (Phi) is 3.59. The van der Waals surface area contributed by atoms with Gasteiger partial charge < -0.3 is 5.11 Å². The van der Waals surface area contributed by atoms with Crippen LogP contribution in [0.5, 0.6) is 0 Å². The van der Waals surface area contributed by atoms with E-state index in [2.05, 4.69) is 4.72 Å². The van der Waals surface area contributed by atoms with Crippen LogP contribution in [0.1, 0.15) is 36.5 Å². The first-order valence-corrected chi connectivity index (χ1v) is 7.66. The van der Waals surface area contributed by atoms with Gasteiger partial charge in [-0.3, -0.25) is 0 Å². The highest BCUT2D eigenvalue weighted by molar-refractivity contribution is 7.89. The Morgan fingerprint density at radius 2 is 2.05 bits per heavy atom. The quantitative estimate of drug-likeness (QED) is 0.893. The van der Waals surface area contributed by atoms with E-state index in [1.807, 2.05) is 0 Å². The summed E-state index contributed by atoms with van der Waals surface area (Å²) in [6.07, 6.45) is 2.45. The Morgan fingerprint density at radius 1 is 1.42 bits per heavy atom. The van der Waals surface area contributed by atoms with Crippen molar-refractivity contribution in [2.24, 2.45) is 0 Å². The van der Waals surface area contributed by atoms with E-state index in [1.165, 1.54) is 12.1 Å². The van der Waals surface area contributed by atoms with E-state index < -0.39 is 21.5 Å². The Bertz CT molecular complexity index is 623. The van der Waals surface area contributed by atoms with Crippen molar-refractivity contribution < 1.29 is 18.3 Å². The van der Waals surface area contributed by atoms with Crippen LogP contribution in [0.4, 0.5) is 0 Å². The highest BCUT2D eigenvalue weighted by Crippen LogP contribution is 2.33. The van der Waals surface area contributed by atoms with Crippen molar-refractivity contribution >= 4 is 27.6 Å². The van der Waals surface area contributed by atoms with Gasteiger partial charge in [-0.25, -0.2) is 17.9 Å². The van der Waals surface area contributed by atoms with Crippen LogP contribution in [0.3, 0.4) is 0 Å². The molecule has 1 aromatic rings. The van der Waals surface area contributed by atoms with E-state index >= 15 is 0 Å². The Balaban J connectivity index is 2.44. The Morgan fingerprint density at radius 3 is 2.53 bits per heavy atom. The fourth-order valence-corrected chi connectivity index (χ4v) is 4.01. The highest BCUT2D eigenvalue weighted by Gasteiger charge is 2.37. The van der Waals surface area contributed by atoms with Gasteiger partial charge in [0.25, 0.3) is 0 Å². The van der Waals surface area contributed by atoms with Gasteiger partial charge in [-0.15, -0.1) is 0 Å². The zero-order valence-corrected chi connectivity index (χ0v) is 11.9. The molecular weight excluding hydrogens is 290 g/mol. The molecule has 1 aliphatic rings. The molecule has 0 saturated heterocycles. The molecule has 0 unspecified atom stereocenters. The number of hydrogen-bond donors (Lipinski definition) is 2. The summed E-state index contributed by atoms with van der Waals surface area (Å²) in [5, 5.41) is 9.24. The van der Waals surface area contributed by atoms with Gasteiger partial charge in [-0.2, -0.15) is 0 Å². The molecule has 0 radical (unpaired) electrons. The van der Waals surface area contributed by atoms with Gasteiger partial charge in [0.05, 0.1) is 10.5 Å². The lowest BCUT2D eigenvalue weighted by Crippen LogP contribution is -2.50. The maximum atomic E-state index is 12.3. The van der Waals surface area contributed by atoms with Crippen molar-refractivity contribution in [3.63, 3.8) is 0 Å². The molecule has 2 N–H and O–H groups in total. The van der Waals surface area contributed by atoms with Crippen molar-refractivity contribution in [1.82, 2.24) is 4.72 Å². The molecule has 1 saturated carbocycles. The van der Waals surface area contributed by atoms with E-state index in [9.17, 15) is 13.2 Å². The monoisotopic (exact) mass is 303 g/mol. The average molecular weight is 304 g/mol. The fraction of sp³-hybridized carbons (Fsp3) is 0.417. The van der Waals surface area contributed by atoms with Crippen LogP contribution in [0, 0.1) is 0 Å². The van der Waals surface area contributed by atoms with Crippen LogP contribution in [0.2, 0.25) is 5.02 Å². The first kappa shape index (κ1) is 14.3. The predicted octanol–water partition coefficient (Wildman–Crippen LogP) is 2.26. The number of nitrogens with one attached hydrogen (secondary N) is 1. The lowest BCUT2D eigenvalue weighted by Gasteiger charge is -2.38. The number of rotatable bonds is 4. The molecule has 0 heterocycles. The van der Waals surface area contributed by atoms with Crippen LogP contribution in [-0.2, 0) is 10.0 Å². The maximum absolute atomic E-state index is 12.3. The van der Waals surface area contributed by atoms with Crippen molar-refractivity contribution in [1.29, 1.82) is 0 Å². The summed E-state index contributed by atoms with van der Waals surface area (Å²) in [6, 6.07) is 3.72. The second kappa shape index (κ2) is 4.77. The molecule has 104 valence electrons. The van der Waals surface area contributed by atoms with E-state index in [1.54, 1.807) is 6.92 Å². The molecule has 0 atom stereocenters. The van der Waals surface area contributed by atoms with Gasteiger partial charge in [-0.05, 0) is 44.4 Å². The zero-order valence-electron chi connectivity index (χ0n) is 10.3. The summed E-state index contributed by atoms with van der Waals surface area (Å²) < 4.78 is 27.1. The second-order valence-electron chi connectivity index (χ2n) is 4.97. The number of aromatic carboxylic acids is 1. The minimum Gasteiger partial charge on any atom is -0.478 e. The second-order valence-corrected chi connectivity index (χ2v) is 7.05. The van der Waals surface area contributed by atoms with Crippen LogP contribution < -0.4 is 4.72 Å². The van der Waals surface area contributed by atoms with Crippen molar-refractivity contribution in [2.75, 3.05) is 0 Å². The standard InChI is InChI=1S/C12H14ClNO4S/c1-12(5-2-6-12)14-19(17,18)10-7-8(13)3-4-9(10)11(15)16/h3-4,7,14H,2,5-6H2,1H3,(H,15,16). The molecule has 1 aromatic carbocycles. The number of carboxylic acids is 1. The summed E-state index contributed by atoms with van der Waals surface area (Å²) >= 11 is 5.76. The number of carbonyl (C=O) groups is 1. The number of benzene rings is 1. The molecule has 0 spiro atoms. The van der Waals surface area contributed by atoms with Crippen molar-refractivity contribution in [3.05, 3.63) is 28.8 Å². The third kappa shape index (κ3) is 2.91. The predicted molar refractivity (Wildman–Crippen MR) is 71.0 cm³/mol. The van der Waals surface area contributed by atoms with Crippen LogP contribution >= 0.6 is 11.6 Å². The number of carboxylic acid groups (broad SMARTS) is 1. The average Bonchev–Trinajstić information content (AvgIpc) is 2.26. The lowest BCUT2D eigenvalue weighted by molar-refractivity contribution is 0.0692. The van der Waals surface area contributed by atoms with Gasteiger partial charge in [0, 0.05) is 10.6 Å². The Labute approximate surface area is 116 Å². The molecule has 0 aromatic heterocycles. The third-order valence-corrected chi connectivity index (χ3v) is 5.21. The summed E-state index contributed by atoms with van der Waals surface area (Å²) in [4.78, 5) is 10.8. The van der Waals surface area contributed by atoms with Crippen LogP contribution in [0.25, 0.3) is 0 Å². The molecular formula is C12H14ClNO4S. The molecule has 2 rings (SSSR count). The summed E-state index contributed by atoms with van der Waals surface area (Å²) in [7, 11) is -3.89. The summed E-state index contributed by atoms with van der Waals surface area (Å²) in [6.45, 7) is 1.80. The Hall–Kier alpha value is -1.11. The van der Waals surface area contributed by atoms with Crippen molar-refractivity contribution in [3.8, 4) is 0 Å². The van der Waals surface area contributed by atoms with Gasteiger partial charge >= 0.3 is 5.97 Å². The van der Waals surface area contributed by atoms with E-state index in [-0.39, 0.29) is 15.5 Å². The minimum atomic E-state index is -3.89. The lowest BCUT2D eigenvalue weighted by atomic mass is 9.80.